The van der Waals surface area contributed by atoms with Crippen LogP contribution in [0.25, 0.3) is 0 Å². The largest absolute Gasteiger partial charge is 0.392 e. The van der Waals surface area contributed by atoms with Gasteiger partial charge in [0.05, 0.1) is 6.10 Å². The molecule has 84 valence electrons. The number of halogens is 1. The van der Waals surface area contributed by atoms with Gasteiger partial charge in [0, 0.05) is 18.4 Å². The monoisotopic (exact) mass is 263 g/mol. The van der Waals surface area contributed by atoms with Crippen molar-refractivity contribution in [2.24, 2.45) is 11.3 Å². The van der Waals surface area contributed by atoms with Crippen LogP contribution in [0.5, 0.6) is 0 Å². The van der Waals surface area contributed by atoms with Crippen LogP contribution in [0.4, 0.5) is 0 Å². The van der Waals surface area contributed by atoms with E-state index in [0.29, 0.717) is 11.3 Å². The molecule has 1 N–H and O–H groups in total. The molecule has 1 aliphatic heterocycles. The van der Waals surface area contributed by atoms with Crippen LogP contribution < -0.4 is 0 Å². The van der Waals surface area contributed by atoms with Gasteiger partial charge in [-0.05, 0) is 24.3 Å². The molecule has 0 bridgehead atoms. The summed E-state index contributed by atoms with van der Waals surface area (Å²) in [6, 6.07) is 0. The minimum absolute atomic E-state index is 0.130. The normalized spacial score (nSPS) is 30.6. The van der Waals surface area contributed by atoms with Crippen molar-refractivity contribution >= 4 is 15.9 Å². The molecule has 1 saturated heterocycles. The molecular formula is C11H22BrNO. The summed E-state index contributed by atoms with van der Waals surface area (Å²) in [5.74, 6) is 0.471. The van der Waals surface area contributed by atoms with Gasteiger partial charge in [-0.3, -0.25) is 0 Å². The molecule has 0 aliphatic carbocycles. The fourth-order valence-corrected chi connectivity index (χ4v) is 2.08. The number of aliphatic hydroxyl groups is 1. The Hall–Kier alpha value is 0.400. The highest BCUT2D eigenvalue weighted by molar-refractivity contribution is 9.09. The molecule has 2 nitrogen and oxygen atoms in total. The number of rotatable bonds is 3. The minimum atomic E-state index is -0.130. The van der Waals surface area contributed by atoms with Crippen LogP contribution >= 0.6 is 15.9 Å². The summed E-state index contributed by atoms with van der Waals surface area (Å²) in [5.41, 5.74) is 0.306. The van der Waals surface area contributed by atoms with E-state index in [1.807, 2.05) is 0 Å². The number of nitrogens with zero attached hydrogens (tertiary/aromatic N) is 1. The van der Waals surface area contributed by atoms with Gasteiger partial charge in [0.15, 0.2) is 0 Å². The highest BCUT2D eigenvalue weighted by atomic mass is 79.9. The van der Waals surface area contributed by atoms with Crippen LogP contribution in [-0.2, 0) is 0 Å². The fraction of sp³-hybridized carbons (Fsp3) is 1.00. The van der Waals surface area contributed by atoms with Gasteiger partial charge in [0.25, 0.3) is 0 Å². The standard InChI is InChI=1S/C11H22BrNO/c1-9-4-5-13(6-10(9)14)8-11(2,3)7-12/h9-10,14H,4-8H2,1-3H3. The Balaban J connectivity index is 2.40. The lowest BCUT2D eigenvalue weighted by atomic mass is 9.91. The Labute approximate surface area is 95.8 Å². The molecule has 2 unspecified atom stereocenters. The van der Waals surface area contributed by atoms with Gasteiger partial charge in [-0.25, -0.2) is 0 Å². The second kappa shape index (κ2) is 4.95. The van der Waals surface area contributed by atoms with E-state index in [0.717, 1.165) is 31.4 Å². The summed E-state index contributed by atoms with van der Waals surface area (Å²) in [5, 5.41) is 10.8. The summed E-state index contributed by atoms with van der Waals surface area (Å²) in [6.07, 6.45) is 0.995. The second-order valence-electron chi connectivity index (χ2n) is 5.37. The zero-order valence-electron chi connectivity index (χ0n) is 9.46. The van der Waals surface area contributed by atoms with Crippen molar-refractivity contribution in [1.29, 1.82) is 0 Å². The van der Waals surface area contributed by atoms with Crippen molar-refractivity contribution in [3.05, 3.63) is 0 Å². The van der Waals surface area contributed by atoms with Crippen molar-refractivity contribution in [3.63, 3.8) is 0 Å². The Kier molecular flexibility index (Phi) is 4.41. The quantitative estimate of drug-likeness (QED) is 0.789. The van der Waals surface area contributed by atoms with Crippen molar-refractivity contribution in [2.75, 3.05) is 25.0 Å². The average molecular weight is 264 g/mol. The van der Waals surface area contributed by atoms with E-state index in [2.05, 4.69) is 41.6 Å². The number of β-amino-alcohol motifs (C(OH)–C–C–N with tert-alkyl or cyclic N) is 1. The third-order valence-electron chi connectivity index (χ3n) is 3.02. The predicted molar refractivity (Wildman–Crippen MR) is 63.8 cm³/mol. The smallest absolute Gasteiger partial charge is 0.0693 e. The average Bonchev–Trinajstić information content (AvgIpc) is 2.11. The lowest BCUT2D eigenvalue weighted by Gasteiger charge is -2.38. The van der Waals surface area contributed by atoms with Crippen molar-refractivity contribution in [3.8, 4) is 0 Å². The van der Waals surface area contributed by atoms with Gasteiger partial charge in [-0.15, -0.1) is 0 Å². The van der Waals surface area contributed by atoms with E-state index in [1.54, 1.807) is 0 Å². The molecule has 3 heteroatoms. The van der Waals surface area contributed by atoms with Gasteiger partial charge < -0.3 is 10.0 Å². The van der Waals surface area contributed by atoms with Crippen LogP contribution in [0.15, 0.2) is 0 Å². The molecule has 1 rings (SSSR count). The number of hydrogen-bond acceptors (Lipinski definition) is 2. The van der Waals surface area contributed by atoms with E-state index in [-0.39, 0.29) is 6.10 Å². The number of hydrogen-bond donors (Lipinski definition) is 1. The summed E-state index contributed by atoms with van der Waals surface area (Å²) in [4.78, 5) is 2.38. The van der Waals surface area contributed by atoms with E-state index in [9.17, 15) is 5.11 Å². The van der Waals surface area contributed by atoms with E-state index in [1.165, 1.54) is 0 Å². The zero-order valence-corrected chi connectivity index (χ0v) is 11.0. The van der Waals surface area contributed by atoms with Gasteiger partial charge in [0.1, 0.15) is 0 Å². The minimum Gasteiger partial charge on any atom is -0.392 e. The molecule has 0 amide bonds. The molecule has 0 aromatic heterocycles. The van der Waals surface area contributed by atoms with Crippen LogP contribution in [-0.4, -0.2) is 41.1 Å². The van der Waals surface area contributed by atoms with Crippen LogP contribution in [0.2, 0.25) is 0 Å². The molecule has 0 aromatic rings. The summed E-state index contributed by atoms with van der Waals surface area (Å²) in [6.45, 7) is 9.70. The molecule has 0 spiro atoms. The molecule has 1 aliphatic rings. The maximum Gasteiger partial charge on any atom is 0.0693 e. The van der Waals surface area contributed by atoms with Crippen molar-refractivity contribution < 1.29 is 5.11 Å². The van der Waals surface area contributed by atoms with Crippen molar-refractivity contribution in [2.45, 2.75) is 33.3 Å². The predicted octanol–water partition coefficient (Wildman–Crippen LogP) is 2.11. The van der Waals surface area contributed by atoms with Crippen LogP contribution in [0, 0.1) is 11.3 Å². The van der Waals surface area contributed by atoms with E-state index >= 15 is 0 Å². The zero-order chi connectivity index (χ0) is 10.8. The van der Waals surface area contributed by atoms with Gasteiger partial charge in [-0.1, -0.05) is 36.7 Å². The number of piperidine rings is 1. The number of alkyl halides is 1. The van der Waals surface area contributed by atoms with Crippen LogP contribution in [0.3, 0.4) is 0 Å². The first-order chi connectivity index (χ1) is 6.44. The van der Waals surface area contributed by atoms with Crippen molar-refractivity contribution in [1.82, 2.24) is 4.90 Å². The highest BCUT2D eigenvalue weighted by Crippen LogP contribution is 2.24. The highest BCUT2D eigenvalue weighted by Gasteiger charge is 2.28. The first kappa shape index (κ1) is 12.5. The topological polar surface area (TPSA) is 23.5 Å². The Morgan fingerprint density at radius 2 is 2.14 bits per heavy atom. The lowest BCUT2D eigenvalue weighted by Crippen LogP contribution is -2.46. The fourth-order valence-electron chi connectivity index (χ4n) is 1.91. The summed E-state index contributed by atoms with van der Waals surface area (Å²) >= 11 is 3.54. The molecule has 0 aromatic carbocycles. The Morgan fingerprint density at radius 3 is 2.64 bits per heavy atom. The van der Waals surface area contributed by atoms with Gasteiger partial charge in [-0.2, -0.15) is 0 Å². The molecule has 1 fully saturated rings. The summed E-state index contributed by atoms with van der Waals surface area (Å²) in [7, 11) is 0. The maximum absolute atomic E-state index is 9.76. The Bertz CT molecular complexity index is 184. The van der Waals surface area contributed by atoms with Crippen LogP contribution in [0.1, 0.15) is 27.2 Å². The lowest BCUT2D eigenvalue weighted by molar-refractivity contribution is 0.0172. The van der Waals surface area contributed by atoms with E-state index < -0.39 is 0 Å². The summed E-state index contributed by atoms with van der Waals surface area (Å²) < 4.78 is 0. The Morgan fingerprint density at radius 1 is 1.50 bits per heavy atom. The van der Waals surface area contributed by atoms with Gasteiger partial charge in [0.2, 0.25) is 0 Å². The molecule has 0 saturated carbocycles. The molecular weight excluding hydrogens is 242 g/mol. The third kappa shape index (κ3) is 3.52. The number of aliphatic hydroxyl groups excluding tert-OH is 1. The van der Waals surface area contributed by atoms with Gasteiger partial charge >= 0.3 is 0 Å². The first-order valence-electron chi connectivity index (χ1n) is 5.41. The molecule has 0 radical (unpaired) electrons. The SMILES string of the molecule is CC1CCN(CC(C)(C)CBr)CC1O. The second-order valence-corrected chi connectivity index (χ2v) is 5.93. The maximum atomic E-state index is 9.76. The molecule has 1 heterocycles. The van der Waals surface area contributed by atoms with E-state index in [4.69, 9.17) is 0 Å². The first-order valence-corrected chi connectivity index (χ1v) is 6.53. The third-order valence-corrected chi connectivity index (χ3v) is 4.53. The number of likely N-dealkylation sites (tertiary alicyclic amines) is 1. The molecule has 14 heavy (non-hydrogen) atoms. The molecule has 2 atom stereocenters.